The number of rotatable bonds is 6. The summed E-state index contributed by atoms with van der Waals surface area (Å²) >= 11 is 0. The Balaban J connectivity index is 2.26. The highest BCUT2D eigenvalue weighted by atomic mass is 16.5. The third-order valence-electron chi connectivity index (χ3n) is 4.94. The van der Waals surface area contributed by atoms with Gasteiger partial charge in [-0.15, -0.1) is 0 Å². The molecule has 2 heterocycles. The van der Waals surface area contributed by atoms with E-state index in [4.69, 9.17) is 19.9 Å². The lowest BCUT2D eigenvalue weighted by Crippen LogP contribution is -2.49. The number of hydrogen-bond acceptors (Lipinski definition) is 7. The van der Waals surface area contributed by atoms with Crippen LogP contribution in [0.3, 0.4) is 0 Å². The van der Waals surface area contributed by atoms with Crippen LogP contribution in [0.5, 0.6) is 5.75 Å². The molecular formula is C21H24N2O6. The number of hydrogen-bond donors (Lipinski definition) is 2. The first kappa shape index (κ1) is 20.4. The molecule has 0 bridgehead atoms. The predicted octanol–water partition coefficient (Wildman–Crippen LogP) is 1.80. The van der Waals surface area contributed by atoms with Crippen LogP contribution in [0, 0.1) is 0 Å². The van der Waals surface area contributed by atoms with Crippen molar-refractivity contribution in [2.45, 2.75) is 39.0 Å². The summed E-state index contributed by atoms with van der Waals surface area (Å²) in [7, 11) is 0. The third kappa shape index (κ3) is 3.14. The summed E-state index contributed by atoms with van der Waals surface area (Å²) in [6.07, 6.45) is 1.47. The van der Waals surface area contributed by atoms with Gasteiger partial charge in [0.25, 0.3) is 0 Å². The van der Waals surface area contributed by atoms with Gasteiger partial charge in [-0.1, -0.05) is 31.5 Å². The Kier molecular flexibility index (Phi) is 5.63. The molecule has 0 saturated heterocycles. The number of nitrogens with one attached hydrogen (secondary N) is 1. The number of esters is 2. The van der Waals surface area contributed by atoms with Gasteiger partial charge in [0.15, 0.2) is 0 Å². The van der Waals surface area contributed by atoms with Gasteiger partial charge in [-0.3, -0.25) is 4.79 Å². The van der Waals surface area contributed by atoms with Crippen molar-refractivity contribution in [3.05, 3.63) is 52.6 Å². The lowest BCUT2D eigenvalue weighted by atomic mass is 9.67. The first-order valence-electron chi connectivity index (χ1n) is 9.54. The van der Waals surface area contributed by atoms with Gasteiger partial charge in [0, 0.05) is 11.3 Å². The summed E-state index contributed by atoms with van der Waals surface area (Å²) in [4.78, 5) is 39.2. The average molecular weight is 400 g/mol. The molecule has 1 aromatic carbocycles. The van der Waals surface area contributed by atoms with Crippen molar-refractivity contribution in [1.82, 2.24) is 5.32 Å². The minimum absolute atomic E-state index is 0.00508. The van der Waals surface area contributed by atoms with Gasteiger partial charge in [0.05, 0.1) is 18.8 Å². The summed E-state index contributed by atoms with van der Waals surface area (Å²) in [5.41, 5.74) is 4.70. The van der Waals surface area contributed by atoms with E-state index in [0.717, 1.165) is 6.42 Å². The molecular weight excluding hydrogens is 376 g/mol. The van der Waals surface area contributed by atoms with Crippen LogP contribution >= 0.6 is 0 Å². The fourth-order valence-electron chi connectivity index (χ4n) is 3.72. The monoisotopic (exact) mass is 400 g/mol. The zero-order chi connectivity index (χ0) is 21.2. The summed E-state index contributed by atoms with van der Waals surface area (Å²) in [6.45, 7) is 5.45. The molecule has 0 fully saturated rings. The van der Waals surface area contributed by atoms with Crippen LogP contribution in [0.2, 0.25) is 0 Å². The van der Waals surface area contributed by atoms with Gasteiger partial charge in [-0.2, -0.15) is 0 Å². The molecule has 3 N–H and O–H groups in total. The summed E-state index contributed by atoms with van der Waals surface area (Å²) < 4.78 is 16.2. The number of fused-ring (bicyclic) bond motifs is 2. The lowest BCUT2D eigenvalue weighted by Gasteiger charge is -2.35. The van der Waals surface area contributed by atoms with Crippen molar-refractivity contribution in [2.75, 3.05) is 13.2 Å². The number of carbonyl (C=O) groups excluding carboxylic acids is 3. The molecule has 0 aromatic heterocycles. The highest BCUT2D eigenvalue weighted by Gasteiger charge is 2.61. The SMILES string of the molecule is CCCCOC(=O)C1=C(N)Oc2ccccc2[C@@]12C(=O)NC(C)=C2C(=O)OCC. The van der Waals surface area contributed by atoms with Crippen LogP contribution < -0.4 is 15.8 Å². The summed E-state index contributed by atoms with van der Waals surface area (Å²) in [5, 5.41) is 2.67. The second-order valence-electron chi connectivity index (χ2n) is 6.75. The molecule has 1 amide bonds. The Morgan fingerprint density at radius 3 is 2.52 bits per heavy atom. The molecule has 0 unspecified atom stereocenters. The highest BCUT2D eigenvalue weighted by Crippen LogP contribution is 2.51. The quantitative estimate of drug-likeness (QED) is 0.552. The van der Waals surface area contributed by atoms with Gasteiger partial charge < -0.3 is 25.3 Å². The van der Waals surface area contributed by atoms with Crippen molar-refractivity contribution in [2.24, 2.45) is 5.73 Å². The van der Waals surface area contributed by atoms with E-state index in [-0.39, 0.29) is 41.7 Å². The molecule has 1 aromatic rings. The van der Waals surface area contributed by atoms with Gasteiger partial charge in [0.2, 0.25) is 11.8 Å². The maximum atomic E-state index is 13.3. The Hall–Kier alpha value is -3.29. The first-order chi connectivity index (χ1) is 13.9. The molecule has 2 aliphatic heterocycles. The van der Waals surface area contributed by atoms with Gasteiger partial charge in [-0.25, -0.2) is 9.59 Å². The molecule has 1 atom stereocenters. The van der Waals surface area contributed by atoms with E-state index >= 15 is 0 Å². The number of ether oxygens (including phenoxy) is 3. The fourth-order valence-corrected chi connectivity index (χ4v) is 3.72. The second-order valence-corrected chi connectivity index (χ2v) is 6.75. The van der Waals surface area contributed by atoms with E-state index in [1.54, 1.807) is 38.1 Å². The number of allylic oxidation sites excluding steroid dienone is 1. The number of amides is 1. The normalized spacial score (nSPS) is 20.3. The average Bonchev–Trinajstić information content (AvgIpc) is 2.92. The van der Waals surface area contributed by atoms with Crippen LogP contribution in [0.4, 0.5) is 0 Å². The van der Waals surface area contributed by atoms with Crippen LogP contribution in [-0.2, 0) is 29.3 Å². The first-order valence-corrected chi connectivity index (χ1v) is 9.54. The zero-order valence-electron chi connectivity index (χ0n) is 16.7. The van der Waals surface area contributed by atoms with Crippen LogP contribution in [0.1, 0.15) is 39.2 Å². The van der Waals surface area contributed by atoms with Crippen LogP contribution in [0.15, 0.2) is 47.0 Å². The van der Waals surface area contributed by atoms with Gasteiger partial charge >= 0.3 is 11.9 Å². The maximum Gasteiger partial charge on any atom is 0.341 e. The van der Waals surface area contributed by atoms with E-state index in [9.17, 15) is 14.4 Å². The molecule has 0 aliphatic carbocycles. The number of benzene rings is 1. The second kappa shape index (κ2) is 7.98. The molecule has 0 radical (unpaired) electrons. The standard InChI is InChI=1S/C21H24N2O6/c1-4-6-11-28-19(25)16-17(22)29-14-10-8-7-9-13(14)21(16)15(18(24)27-5-2)12(3)23-20(21)26/h7-10H,4-6,11,22H2,1-3H3,(H,23,26)/t21-/m0/s1. The zero-order valence-corrected chi connectivity index (χ0v) is 16.7. The van der Waals surface area contributed by atoms with E-state index < -0.39 is 23.3 Å². The molecule has 8 heteroatoms. The molecule has 29 heavy (non-hydrogen) atoms. The largest absolute Gasteiger partial charge is 0.463 e. The van der Waals surface area contributed by atoms with Crippen molar-refractivity contribution >= 4 is 17.8 Å². The smallest absolute Gasteiger partial charge is 0.341 e. The Bertz CT molecular complexity index is 933. The van der Waals surface area contributed by atoms with E-state index in [1.807, 2.05) is 6.92 Å². The molecule has 0 saturated carbocycles. The maximum absolute atomic E-state index is 13.3. The Morgan fingerprint density at radius 1 is 1.14 bits per heavy atom. The lowest BCUT2D eigenvalue weighted by molar-refractivity contribution is -0.143. The predicted molar refractivity (Wildman–Crippen MR) is 103 cm³/mol. The number of nitrogens with two attached hydrogens (primary N) is 1. The van der Waals surface area contributed by atoms with Crippen molar-refractivity contribution in [3.8, 4) is 5.75 Å². The highest BCUT2D eigenvalue weighted by molar-refractivity contribution is 6.17. The molecule has 8 nitrogen and oxygen atoms in total. The Labute approximate surface area is 168 Å². The Morgan fingerprint density at radius 2 is 1.83 bits per heavy atom. The molecule has 2 aliphatic rings. The minimum atomic E-state index is -1.81. The number of unbranched alkanes of at least 4 members (excludes halogenated alkanes) is 1. The van der Waals surface area contributed by atoms with Crippen molar-refractivity contribution < 1.29 is 28.6 Å². The molecule has 3 rings (SSSR count). The van der Waals surface area contributed by atoms with E-state index in [1.165, 1.54) is 0 Å². The molecule has 1 spiro atoms. The van der Waals surface area contributed by atoms with Gasteiger partial charge in [-0.05, 0) is 26.3 Å². The van der Waals surface area contributed by atoms with Crippen molar-refractivity contribution in [3.63, 3.8) is 0 Å². The van der Waals surface area contributed by atoms with Gasteiger partial charge in [0.1, 0.15) is 16.7 Å². The van der Waals surface area contributed by atoms with E-state index in [2.05, 4.69) is 5.32 Å². The van der Waals surface area contributed by atoms with E-state index in [0.29, 0.717) is 12.0 Å². The fraction of sp³-hybridized carbons (Fsp3) is 0.381. The minimum Gasteiger partial charge on any atom is -0.463 e. The summed E-state index contributed by atoms with van der Waals surface area (Å²) in [6, 6.07) is 6.64. The van der Waals surface area contributed by atoms with Crippen molar-refractivity contribution in [1.29, 1.82) is 0 Å². The van der Waals surface area contributed by atoms with Crippen LogP contribution in [-0.4, -0.2) is 31.1 Å². The molecule has 154 valence electrons. The third-order valence-corrected chi connectivity index (χ3v) is 4.94. The number of carbonyl (C=O) groups is 3. The number of para-hydroxylation sites is 1. The topological polar surface area (TPSA) is 117 Å². The van der Waals surface area contributed by atoms with Crippen LogP contribution in [0.25, 0.3) is 0 Å². The summed E-state index contributed by atoms with van der Waals surface area (Å²) in [5.74, 6) is -2.11.